The van der Waals surface area contributed by atoms with E-state index in [2.05, 4.69) is 21.2 Å². The van der Waals surface area contributed by atoms with Gasteiger partial charge >= 0.3 is 5.97 Å². The Kier molecular flexibility index (Phi) is 6.28. The molecule has 2 aromatic rings. The van der Waals surface area contributed by atoms with Crippen LogP contribution in [0, 0.1) is 6.92 Å². The first-order valence-electron chi connectivity index (χ1n) is 7.19. The first-order valence-corrected chi connectivity index (χ1v) is 8.80. The molecule has 2 rings (SSSR count). The molecule has 0 saturated carbocycles. The maximum atomic E-state index is 12.1. The van der Waals surface area contributed by atoms with Crippen molar-refractivity contribution in [1.82, 2.24) is 5.32 Å². The van der Waals surface area contributed by atoms with Crippen LogP contribution in [0.15, 0.2) is 40.2 Å². The van der Waals surface area contributed by atoms with Gasteiger partial charge in [0.1, 0.15) is 6.04 Å². The number of benzene rings is 1. The van der Waals surface area contributed by atoms with E-state index in [1.807, 2.05) is 13.0 Å². The fraction of sp³-hybridized carbons (Fsp3) is 0.235. The molecule has 0 spiro atoms. The highest BCUT2D eigenvalue weighted by Crippen LogP contribution is 2.22. The van der Waals surface area contributed by atoms with E-state index in [4.69, 9.17) is 4.74 Å². The average Bonchev–Trinajstić information content (AvgIpc) is 2.98. The van der Waals surface area contributed by atoms with Gasteiger partial charge < -0.3 is 10.1 Å². The third-order valence-corrected chi connectivity index (χ3v) is 4.84. The number of carbonyl (C=O) groups is 3. The summed E-state index contributed by atoms with van der Waals surface area (Å²) in [5.41, 5.74) is 1.42. The first kappa shape index (κ1) is 18.4. The molecule has 1 aromatic heterocycles. The van der Waals surface area contributed by atoms with Crippen LogP contribution < -0.4 is 5.32 Å². The van der Waals surface area contributed by atoms with E-state index in [9.17, 15) is 14.4 Å². The molecule has 1 atom stereocenters. The Hall–Kier alpha value is -1.99. The number of ether oxygens (including phenoxy) is 1. The van der Waals surface area contributed by atoms with Gasteiger partial charge in [0.05, 0.1) is 8.66 Å². The number of esters is 1. The fourth-order valence-corrected chi connectivity index (χ4v) is 3.23. The summed E-state index contributed by atoms with van der Waals surface area (Å²) in [5.74, 6) is -1.30. The Morgan fingerprint density at radius 1 is 1.25 bits per heavy atom. The van der Waals surface area contributed by atoms with Crippen molar-refractivity contribution in [2.75, 3.05) is 6.61 Å². The number of hydrogen-bond donors (Lipinski definition) is 1. The van der Waals surface area contributed by atoms with Gasteiger partial charge in [0, 0.05) is 5.56 Å². The number of aryl methyl sites for hydroxylation is 1. The number of halogens is 1. The zero-order valence-electron chi connectivity index (χ0n) is 13.2. The Morgan fingerprint density at radius 3 is 2.62 bits per heavy atom. The maximum absolute atomic E-state index is 12.1. The van der Waals surface area contributed by atoms with Crippen LogP contribution in [0.25, 0.3) is 0 Å². The summed E-state index contributed by atoms with van der Waals surface area (Å²) in [7, 11) is 0. The van der Waals surface area contributed by atoms with Crippen molar-refractivity contribution in [3.05, 3.63) is 56.2 Å². The molecule has 1 heterocycles. The van der Waals surface area contributed by atoms with Gasteiger partial charge in [-0.15, -0.1) is 11.3 Å². The van der Waals surface area contributed by atoms with Crippen molar-refractivity contribution >= 4 is 44.9 Å². The average molecular weight is 410 g/mol. The van der Waals surface area contributed by atoms with E-state index in [-0.39, 0.29) is 18.3 Å². The van der Waals surface area contributed by atoms with Gasteiger partial charge in [-0.2, -0.15) is 0 Å². The van der Waals surface area contributed by atoms with E-state index in [1.54, 1.807) is 30.3 Å². The van der Waals surface area contributed by atoms with E-state index in [0.29, 0.717) is 10.4 Å². The summed E-state index contributed by atoms with van der Waals surface area (Å²) in [4.78, 5) is 36.4. The van der Waals surface area contributed by atoms with Gasteiger partial charge in [-0.1, -0.05) is 17.7 Å². The summed E-state index contributed by atoms with van der Waals surface area (Å²) in [5, 5.41) is 2.56. The predicted molar refractivity (Wildman–Crippen MR) is 95.4 cm³/mol. The Labute approximate surface area is 152 Å². The van der Waals surface area contributed by atoms with Gasteiger partial charge in [0.2, 0.25) is 5.78 Å². The normalized spacial score (nSPS) is 11.6. The molecular formula is C17H16BrNO4S. The topological polar surface area (TPSA) is 72.5 Å². The summed E-state index contributed by atoms with van der Waals surface area (Å²) >= 11 is 4.54. The summed E-state index contributed by atoms with van der Waals surface area (Å²) in [6, 6.07) is 9.61. The molecule has 0 aliphatic heterocycles. The third-order valence-electron chi connectivity index (χ3n) is 3.17. The summed E-state index contributed by atoms with van der Waals surface area (Å²) in [6.45, 7) is 3.04. The van der Waals surface area contributed by atoms with Crippen LogP contribution in [0.4, 0.5) is 0 Å². The minimum Gasteiger partial charge on any atom is -0.456 e. The molecular weight excluding hydrogens is 394 g/mol. The number of carbonyl (C=O) groups excluding carboxylic acids is 3. The van der Waals surface area contributed by atoms with Gasteiger partial charge in [-0.25, -0.2) is 4.79 Å². The van der Waals surface area contributed by atoms with Crippen LogP contribution in [0.1, 0.15) is 32.5 Å². The highest BCUT2D eigenvalue weighted by molar-refractivity contribution is 9.11. The molecule has 0 unspecified atom stereocenters. The number of amides is 1. The molecule has 0 radical (unpaired) electrons. The largest absolute Gasteiger partial charge is 0.456 e. The molecule has 126 valence electrons. The Morgan fingerprint density at radius 2 is 2.00 bits per heavy atom. The number of nitrogens with one attached hydrogen (secondary N) is 1. The first-order chi connectivity index (χ1) is 11.4. The van der Waals surface area contributed by atoms with Crippen LogP contribution in [-0.4, -0.2) is 30.3 Å². The fourth-order valence-electron chi connectivity index (χ4n) is 1.92. The molecule has 1 N–H and O–H groups in total. The summed E-state index contributed by atoms with van der Waals surface area (Å²) in [6.07, 6.45) is 0. The molecule has 1 amide bonds. The third kappa shape index (κ3) is 5.01. The predicted octanol–water partition coefficient (Wildman–Crippen LogP) is 3.36. The van der Waals surface area contributed by atoms with Gasteiger partial charge in [0.15, 0.2) is 6.61 Å². The highest BCUT2D eigenvalue weighted by Gasteiger charge is 2.20. The number of ketones is 1. The van der Waals surface area contributed by atoms with Crippen molar-refractivity contribution in [3.63, 3.8) is 0 Å². The lowest BCUT2D eigenvalue weighted by atomic mass is 10.1. The quantitative estimate of drug-likeness (QED) is 0.586. The molecule has 0 aliphatic carbocycles. The zero-order valence-corrected chi connectivity index (χ0v) is 15.6. The monoisotopic (exact) mass is 409 g/mol. The second-order valence-electron chi connectivity index (χ2n) is 5.20. The van der Waals surface area contributed by atoms with E-state index < -0.39 is 12.0 Å². The van der Waals surface area contributed by atoms with Gasteiger partial charge in [0.25, 0.3) is 5.91 Å². The number of hydrogen-bond acceptors (Lipinski definition) is 5. The van der Waals surface area contributed by atoms with E-state index in [0.717, 1.165) is 9.35 Å². The summed E-state index contributed by atoms with van der Waals surface area (Å²) < 4.78 is 5.81. The lowest BCUT2D eigenvalue weighted by Gasteiger charge is -2.13. The van der Waals surface area contributed by atoms with Gasteiger partial charge in [-0.3, -0.25) is 9.59 Å². The van der Waals surface area contributed by atoms with Crippen LogP contribution in [0.2, 0.25) is 0 Å². The molecule has 0 aliphatic rings. The lowest BCUT2D eigenvalue weighted by Crippen LogP contribution is -2.40. The van der Waals surface area contributed by atoms with Crippen LogP contribution in [0.5, 0.6) is 0 Å². The van der Waals surface area contributed by atoms with Crippen molar-refractivity contribution < 1.29 is 19.1 Å². The van der Waals surface area contributed by atoms with Crippen molar-refractivity contribution in [2.45, 2.75) is 19.9 Å². The Bertz CT molecular complexity index is 771. The molecule has 0 bridgehead atoms. The van der Waals surface area contributed by atoms with Crippen molar-refractivity contribution in [2.24, 2.45) is 0 Å². The van der Waals surface area contributed by atoms with E-state index >= 15 is 0 Å². The molecule has 0 fully saturated rings. The molecule has 1 aromatic carbocycles. The SMILES string of the molecule is Cc1cccc(C(=O)N[C@@H](C)C(=O)OCC(=O)c2ccc(Br)s2)c1. The molecule has 5 nitrogen and oxygen atoms in total. The lowest BCUT2D eigenvalue weighted by molar-refractivity contribution is -0.144. The molecule has 0 saturated heterocycles. The number of thiophene rings is 1. The minimum absolute atomic E-state index is 0.281. The Balaban J connectivity index is 1.85. The molecule has 24 heavy (non-hydrogen) atoms. The maximum Gasteiger partial charge on any atom is 0.328 e. The van der Waals surface area contributed by atoms with Crippen LogP contribution in [0.3, 0.4) is 0 Å². The molecule has 7 heteroatoms. The van der Waals surface area contributed by atoms with Crippen molar-refractivity contribution in [1.29, 1.82) is 0 Å². The van der Waals surface area contributed by atoms with Crippen LogP contribution >= 0.6 is 27.3 Å². The van der Waals surface area contributed by atoms with Gasteiger partial charge in [-0.05, 0) is 54.0 Å². The second-order valence-corrected chi connectivity index (χ2v) is 7.66. The zero-order chi connectivity index (χ0) is 17.7. The smallest absolute Gasteiger partial charge is 0.328 e. The number of rotatable bonds is 6. The van der Waals surface area contributed by atoms with Crippen molar-refractivity contribution in [3.8, 4) is 0 Å². The second kappa shape index (κ2) is 8.21. The highest BCUT2D eigenvalue weighted by atomic mass is 79.9. The minimum atomic E-state index is -0.846. The van der Waals surface area contributed by atoms with Crippen LogP contribution in [-0.2, 0) is 9.53 Å². The number of Topliss-reactive ketones (excluding diaryl/α,β-unsaturated/α-hetero) is 1. The van der Waals surface area contributed by atoms with E-state index in [1.165, 1.54) is 18.3 Å². The standard InChI is InChI=1S/C17H16BrNO4S/c1-10-4-3-5-12(8-10)16(21)19-11(2)17(22)23-9-13(20)14-6-7-15(18)24-14/h3-8,11H,9H2,1-2H3,(H,19,21)/t11-/m0/s1.